The van der Waals surface area contributed by atoms with Crippen LogP contribution in [0.15, 0.2) is 6.33 Å². The van der Waals surface area contributed by atoms with Gasteiger partial charge in [-0.25, -0.2) is 9.55 Å². The predicted molar refractivity (Wildman–Crippen MR) is 113 cm³/mol. The van der Waals surface area contributed by atoms with Gasteiger partial charge in [-0.15, -0.1) is 0 Å². The van der Waals surface area contributed by atoms with Crippen LogP contribution in [0.4, 0.5) is 5.82 Å². The molecule has 4 atom stereocenters. The zero-order valence-corrected chi connectivity index (χ0v) is 19.0. The molecule has 2 aliphatic rings. The monoisotopic (exact) mass is 507 g/mol. The molecule has 0 aliphatic heterocycles. The number of hydrogen-bond acceptors (Lipinski definition) is 11. The molecular formula is C12H28ClN9O7P2. The Bertz CT molecular complexity index is 1030. The van der Waals surface area contributed by atoms with Crippen molar-refractivity contribution in [3.8, 4) is 0 Å². The molecule has 2 aromatic rings. The van der Waals surface area contributed by atoms with E-state index in [2.05, 4.69) is 15.0 Å². The Morgan fingerprint density at radius 3 is 2.35 bits per heavy atom. The van der Waals surface area contributed by atoms with E-state index in [-0.39, 0.29) is 54.1 Å². The van der Waals surface area contributed by atoms with Crippen molar-refractivity contribution in [2.75, 3.05) is 11.9 Å². The molecule has 0 spiro atoms. The normalized spacial score (nSPS) is 26.7. The standard InChI is InChI=1S/C12H16ClN5O7P2.4H3N/c13-11-16-9(14)8-10(17-11)18(4-15-8)6-1-7(25-27(22,23)24)12(2-5(6)12)3-26(19,20)21;;;;/h4-7H,1-3H2,(H2,14,16,17)(H2,19,20,21)(H2,22,23,24);4*1H3/t5-,6+,7+,12-;;;;/m1..../s1. The lowest BCUT2D eigenvalue weighted by molar-refractivity contribution is 0.0882. The third-order valence-electron chi connectivity index (χ3n) is 5.28. The number of fused-ring (bicyclic) bond motifs is 2. The number of imidazole rings is 1. The molecule has 0 saturated heterocycles. The average Bonchev–Trinajstić information content (AvgIpc) is 2.89. The molecular weight excluding hydrogens is 480 g/mol. The molecule has 0 unspecified atom stereocenters. The average molecular weight is 508 g/mol. The largest absolute Gasteiger partial charge is 0.469 e. The molecule has 2 heterocycles. The smallest absolute Gasteiger partial charge is 0.382 e. The first kappa shape index (κ1) is 29.7. The highest BCUT2D eigenvalue weighted by atomic mass is 35.5. The molecule has 0 radical (unpaired) electrons. The summed E-state index contributed by atoms with van der Waals surface area (Å²) >= 11 is 5.86. The minimum absolute atomic E-state index is 0. The molecule has 2 aliphatic carbocycles. The van der Waals surface area contributed by atoms with Crippen molar-refractivity contribution in [3.63, 3.8) is 0 Å². The van der Waals surface area contributed by atoms with E-state index in [4.69, 9.17) is 21.9 Å². The van der Waals surface area contributed by atoms with Crippen LogP contribution in [-0.4, -0.2) is 51.4 Å². The summed E-state index contributed by atoms with van der Waals surface area (Å²) in [6.45, 7) is 0. The summed E-state index contributed by atoms with van der Waals surface area (Å²) in [6.07, 6.45) is 0.394. The summed E-state index contributed by atoms with van der Waals surface area (Å²) in [7, 11) is -9.28. The minimum Gasteiger partial charge on any atom is -0.382 e. The lowest BCUT2D eigenvalue weighted by Crippen LogP contribution is -2.25. The van der Waals surface area contributed by atoms with Crippen LogP contribution in [0.25, 0.3) is 11.2 Å². The second-order valence-corrected chi connectivity index (χ2v) is 10.1. The fourth-order valence-electron chi connectivity index (χ4n) is 4.30. The van der Waals surface area contributed by atoms with Crippen LogP contribution >= 0.6 is 27.0 Å². The Labute approximate surface area is 181 Å². The third-order valence-corrected chi connectivity index (χ3v) is 6.98. The van der Waals surface area contributed by atoms with Gasteiger partial charge in [-0.1, -0.05) is 0 Å². The van der Waals surface area contributed by atoms with Crippen molar-refractivity contribution in [1.29, 1.82) is 0 Å². The van der Waals surface area contributed by atoms with E-state index in [1.54, 1.807) is 4.57 Å². The van der Waals surface area contributed by atoms with Crippen LogP contribution in [0.2, 0.25) is 5.28 Å². The molecule has 16 nitrogen and oxygen atoms in total. The second kappa shape index (κ2) is 9.31. The van der Waals surface area contributed by atoms with Crippen LogP contribution < -0.4 is 30.3 Å². The predicted octanol–water partition coefficient (Wildman–Crippen LogP) is 1.32. The maximum Gasteiger partial charge on any atom is 0.469 e. The Hall–Kier alpha value is -1.26. The van der Waals surface area contributed by atoms with Crippen molar-refractivity contribution < 1.29 is 33.2 Å². The van der Waals surface area contributed by atoms with Crippen LogP contribution in [0.5, 0.6) is 0 Å². The van der Waals surface area contributed by atoms with E-state index in [0.29, 0.717) is 17.6 Å². The van der Waals surface area contributed by atoms with E-state index in [1.807, 2.05) is 0 Å². The van der Waals surface area contributed by atoms with Gasteiger partial charge < -0.3 is 54.5 Å². The van der Waals surface area contributed by atoms with E-state index >= 15 is 0 Å². The van der Waals surface area contributed by atoms with Gasteiger partial charge in [-0.2, -0.15) is 9.97 Å². The molecule has 31 heavy (non-hydrogen) atoms. The van der Waals surface area contributed by atoms with Gasteiger partial charge in [0.25, 0.3) is 0 Å². The molecule has 2 saturated carbocycles. The van der Waals surface area contributed by atoms with Crippen LogP contribution in [0, 0.1) is 11.3 Å². The number of nitrogens with two attached hydrogens (primary N) is 1. The fourth-order valence-corrected chi connectivity index (χ4v) is 6.43. The van der Waals surface area contributed by atoms with Gasteiger partial charge in [0.2, 0.25) is 5.28 Å². The minimum atomic E-state index is -4.85. The summed E-state index contributed by atoms with van der Waals surface area (Å²) in [6, 6.07) is -0.386. The van der Waals surface area contributed by atoms with E-state index in [1.165, 1.54) is 6.33 Å². The zero-order valence-electron chi connectivity index (χ0n) is 16.4. The Morgan fingerprint density at radius 2 is 1.81 bits per heavy atom. The van der Waals surface area contributed by atoms with Crippen molar-refractivity contribution in [3.05, 3.63) is 11.6 Å². The van der Waals surface area contributed by atoms with Gasteiger partial charge in [0.05, 0.1) is 18.6 Å². The number of phosphoric acid groups is 1. The summed E-state index contributed by atoms with van der Waals surface area (Å²) in [4.78, 5) is 49.4. The second-order valence-electron chi connectivity index (χ2n) is 6.96. The van der Waals surface area contributed by atoms with Crippen molar-refractivity contribution in [2.45, 2.75) is 25.0 Å². The van der Waals surface area contributed by atoms with Gasteiger partial charge in [-0.05, 0) is 30.4 Å². The zero-order chi connectivity index (χ0) is 19.8. The highest BCUT2D eigenvalue weighted by Gasteiger charge is 2.70. The van der Waals surface area contributed by atoms with Crippen molar-refractivity contribution in [1.82, 2.24) is 44.1 Å². The van der Waals surface area contributed by atoms with E-state index in [9.17, 15) is 28.7 Å². The third kappa shape index (κ3) is 5.39. The molecule has 19 heteroatoms. The number of halogens is 1. The van der Waals surface area contributed by atoms with Crippen molar-refractivity contribution in [2.24, 2.45) is 11.3 Å². The molecule has 0 aromatic carbocycles. The number of phosphoric ester groups is 1. The van der Waals surface area contributed by atoms with Crippen LogP contribution in [0.3, 0.4) is 0 Å². The maximum atomic E-state index is 11.6. The van der Waals surface area contributed by atoms with Crippen LogP contribution in [0.1, 0.15) is 18.9 Å². The Kier molecular flexibility index (Phi) is 8.93. The summed E-state index contributed by atoms with van der Waals surface area (Å²) in [5.74, 6) is -0.184. The molecule has 18 N–H and O–H groups in total. The summed E-state index contributed by atoms with van der Waals surface area (Å²) in [5.41, 5.74) is 5.43. The number of rotatable bonds is 5. The first-order valence-electron chi connectivity index (χ1n) is 7.84. The van der Waals surface area contributed by atoms with Gasteiger partial charge in [-0.3, -0.25) is 9.09 Å². The number of aromatic nitrogens is 4. The lowest BCUT2D eigenvalue weighted by Gasteiger charge is -2.24. The van der Waals surface area contributed by atoms with Gasteiger partial charge in [0, 0.05) is 11.5 Å². The SMILES string of the molecule is N.N.N.N.Nc1nc(Cl)nc2c1ncn2[C@H]1C[C@H](OP(=O)(O)O)[C@@]2(CP(=O)(O)O)C[C@H]12. The van der Waals surface area contributed by atoms with Gasteiger partial charge in [0.1, 0.15) is 5.52 Å². The Morgan fingerprint density at radius 1 is 1.19 bits per heavy atom. The molecule has 2 fully saturated rings. The number of nitrogen functional groups attached to an aromatic ring is 1. The van der Waals surface area contributed by atoms with Crippen molar-refractivity contribution >= 4 is 44.0 Å². The van der Waals surface area contributed by atoms with Gasteiger partial charge in [0.15, 0.2) is 11.5 Å². The molecule has 0 bridgehead atoms. The van der Waals surface area contributed by atoms with E-state index < -0.39 is 33.1 Å². The summed E-state index contributed by atoms with van der Waals surface area (Å²) < 4.78 is 29.5. The number of anilines is 1. The maximum absolute atomic E-state index is 11.6. The number of hydrogen-bond donors (Lipinski definition) is 9. The molecule has 2 aromatic heterocycles. The van der Waals surface area contributed by atoms with Crippen LogP contribution in [-0.2, 0) is 13.7 Å². The highest BCUT2D eigenvalue weighted by molar-refractivity contribution is 7.51. The lowest BCUT2D eigenvalue weighted by atomic mass is 10.0. The fraction of sp³-hybridized carbons (Fsp3) is 0.583. The molecule has 180 valence electrons. The quantitative estimate of drug-likeness (QED) is 0.203. The molecule has 4 rings (SSSR count). The first-order chi connectivity index (χ1) is 12.4. The highest BCUT2D eigenvalue weighted by Crippen LogP contribution is 2.73. The van der Waals surface area contributed by atoms with Gasteiger partial charge >= 0.3 is 15.4 Å². The topological polar surface area (TPSA) is 334 Å². The molecule has 0 amide bonds. The van der Waals surface area contributed by atoms with E-state index in [0.717, 1.165) is 0 Å². The first-order valence-corrected chi connectivity index (χ1v) is 11.5. The Balaban J connectivity index is 0.00000225. The summed E-state index contributed by atoms with van der Waals surface area (Å²) in [5, 5.41) is -0.0833. The number of nitrogens with zero attached hydrogens (tertiary/aromatic N) is 4.